The quantitative estimate of drug-likeness (QED) is 0.752. The predicted octanol–water partition coefficient (Wildman–Crippen LogP) is 4.30. The third kappa shape index (κ3) is 6.14. The van der Waals surface area contributed by atoms with E-state index in [0.717, 1.165) is 12.1 Å². The van der Waals surface area contributed by atoms with Crippen LogP contribution in [-0.4, -0.2) is 29.9 Å². The van der Waals surface area contributed by atoms with Gasteiger partial charge in [0.25, 0.3) is 0 Å². The van der Waals surface area contributed by atoms with E-state index in [1.54, 1.807) is 24.3 Å². The molecule has 0 N–H and O–H groups in total. The van der Waals surface area contributed by atoms with Crippen LogP contribution >= 0.6 is 11.8 Å². The van der Waals surface area contributed by atoms with Gasteiger partial charge in [-0.3, -0.25) is 4.79 Å². The van der Waals surface area contributed by atoms with E-state index in [1.165, 1.54) is 30.8 Å². The van der Waals surface area contributed by atoms with Crippen molar-refractivity contribution in [2.45, 2.75) is 24.6 Å². The molecule has 1 saturated heterocycles. The summed E-state index contributed by atoms with van der Waals surface area (Å²) in [5.74, 6) is 0. The molecule has 0 aliphatic carbocycles. The molecule has 0 bridgehead atoms. The summed E-state index contributed by atoms with van der Waals surface area (Å²) in [7, 11) is 0. The van der Waals surface area contributed by atoms with Crippen LogP contribution in [0.5, 0.6) is 0 Å². The van der Waals surface area contributed by atoms with Crippen molar-refractivity contribution in [1.82, 2.24) is 0 Å². The molecule has 0 amide bonds. The number of rotatable bonds is 4. The molecule has 1 aromatic rings. The number of thioether (sulfide) groups is 1. The number of hydrogen-bond acceptors (Lipinski definition) is 4. The molecule has 0 aromatic heterocycles. The molecule has 1 aromatic carbocycles. The van der Waals surface area contributed by atoms with Crippen LogP contribution in [-0.2, 0) is 20.4 Å². The lowest BCUT2D eigenvalue weighted by Crippen LogP contribution is -2.33. The first-order chi connectivity index (χ1) is 11.3. The molecular formula is C17H17F3O3S. The Kier molecular flexibility index (Phi) is 6.65. The highest BCUT2D eigenvalue weighted by atomic mass is 32.2. The van der Waals surface area contributed by atoms with Crippen LogP contribution in [0.4, 0.5) is 13.2 Å². The zero-order chi connectivity index (χ0) is 17.6. The van der Waals surface area contributed by atoms with Gasteiger partial charge >= 0.3 is 6.18 Å². The molecule has 1 aliphatic heterocycles. The Hall–Kier alpha value is -1.57. The van der Waals surface area contributed by atoms with Crippen LogP contribution in [0, 0.1) is 0 Å². The summed E-state index contributed by atoms with van der Waals surface area (Å²) in [4.78, 5) is 11.0. The molecule has 1 heterocycles. The van der Waals surface area contributed by atoms with Crippen LogP contribution in [0.15, 0.2) is 42.5 Å². The Morgan fingerprint density at radius 1 is 1.17 bits per heavy atom. The second-order valence-electron chi connectivity index (χ2n) is 5.13. The Labute approximate surface area is 142 Å². The van der Waals surface area contributed by atoms with Gasteiger partial charge < -0.3 is 9.47 Å². The molecule has 0 saturated carbocycles. The van der Waals surface area contributed by atoms with Crippen molar-refractivity contribution < 1.29 is 27.4 Å². The van der Waals surface area contributed by atoms with Gasteiger partial charge in [0.05, 0.1) is 24.0 Å². The zero-order valence-electron chi connectivity index (χ0n) is 13.0. The number of ether oxygens (including phenoxy) is 2. The monoisotopic (exact) mass is 358 g/mol. The predicted molar refractivity (Wildman–Crippen MR) is 87.4 cm³/mol. The number of benzene rings is 1. The van der Waals surface area contributed by atoms with E-state index in [1.807, 2.05) is 0 Å². The third-order valence-electron chi connectivity index (χ3n) is 3.13. The number of alkyl halides is 3. The summed E-state index contributed by atoms with van der Waals surface area (Å²) in [6.45, 7) is 2.37. The van der Waals surface area contributed by atoms with Crippen molar-refractivity contribution in [2.75, 3.05) is 13.2 Å². The highest BCUT2D eigenvalue weighted by Gasteiger charge is 2.29. The SMILES string of the molecule is CC(=O)S[C@H]1CO[C@H](/C=C/C=C/c2ccc(C(F)(F)F)cc2)OC1. The second kappa shape index (κ2) is 8.50. The Balaban J connectivity index is 1.80. The maximum atomic E-state index is 12.5. The fourth-order valence-electron chi connectivity index (χ4n) is 2.02. The summed E-state index contributed by atoms with van der Waals surface area (Å²) in [6, 6.07) is 4.90. The lowest BCUT2D eigenvalue weighted by Gasteiger charge is -2.26. The van der Waals surface area contributed by atoms with Crippen molar-refractivity contribution in [3.8, 4) is 0 Å². The van der Waals surface area contributed by atoms with Crippen LogP contribution in [0.25, 0.3) is 6.08 Å². The molecule has 2 rings (SSSR count). The molecule has 0 unspecified atom stereocenters. The van der Waals surface area contributed by atoms with Gasteiger partial charge in [-0.15, -0.1) is 0 Å². The number of allylic oxidation sites excluding steroid dienone is 2. The van der Waals surface area contributed by atoms with E-state index in [4.69, 9.17) is 9.47 Å². The summed E-state index contributed by atoms with van der Waals surface area (Å²) in [6.07, 6.45) is 2.00. The van der Waals surface area contributed by atoms with Gasteiger partial charge in [0.1, 0.15) is 0 Å². The van der Waals surface area contributed by atoms with Crippen molar-refractivity contribution in [3.63, 3.8) is 0 Å². The average Bonchev–Trinajstić information content (AvgIpc) is 2.52. The smallest absolute Gasteiger partial charge is 0.348 e. The minimum Gasteiger partial charge on any atom is -0.348 e. The minimum atomic E-state index is -4.32. The Bertz CT molecular complexity index is 601. The molecule has 0 radical (unpaired) electrons. The maximum Gasteiger partial charge on any atom is 0.416 e. The van der Waals surface area contributed by atoms with Gasteiger partial charge in [0.2, 0.25) is 0 Å². The van der Waals surface area contributed by atoms with E-state index in [0.29, 0.717) is 18.8 Å². The highest BCUT2D eigenvalue weighted by molar-refractivity contribution is 8.14. The fraction of sp³-hybridized carbons (Fsp3) is 0.353. The largest absolute Gasteiger partial charge is 0.416 e. The molecule has 130 valence electrons. The summed E-state index contributed by atoms with van der Waals surface area (Å²) in [5, 5.41) is 0.0375. The van der Waals surface area contributed by atoms with Gasteiger partial charge in [-0.25, -0.2) is 0 Å². The average molecular weight is 358 g/mol. The lowest BCUT2D eigenvalue weighted by molar-refractivity contribution is -0.146. The lowest BCUT2D eigenvalue weighted by atomic mass is 10.1. The van der Waals surface area contributed by atoms with Crippen molar-refractivity contribution in [3.05, 3.63) is 53.6 Å². The number of carbonyl (C=O) groups excluding carboxylic acids is 1. The summed E-state index contributed by atoms with van der Waals surface area (Å²) < 4.78 is 48.3. The summed E-state index contributed by atoms with van der Waals surface area (Å²) in [5.41, 5.74) is -0.00626. The Morgan fingerprint density at radius 2 is 1.79 bits per heavy atom. The Morgan fingerprint density at radius 3 is 2.33 bits per heavy atom. The molecule has 1 aliphatic rings. The van der Waals surface area contributed by atoms with Gasteiger partial charge in [0, 0.05) is 6.92 Å². The first-order valence-corrected chi connectivity index (χ1v) is 8.15. The number of hydrogen-bond donors (Lipinski definition) is 0. The maximum absolute atomic E-state index is 12.5. The van der Waals surface area contributed by atoms with Gasteiger partial charge in [-0.2, -0.15) is 13.2 Å². The topological polar surface area (TPSA) is 35.5 Å². The minimum absolute atomic E-state index is 0.00911. The summed E-state index contributed by atoms with van der Waals surface area (Å²) >= 11 is 1.20. The molecule has 1 fully saturated rings. The molecule has 0 atom stereocenters. The molecule has 0 spiro atoms. The first-order valence-electron chi connectivity index (χ1n) is 7.27. The van der Waals surface area contributed by atoms with E-state index in [2.05, 4.69) is 0 Å². The molecule has 3 nitrogen and oxygen atoms in total. The van der Waals surface area contributed by atoms with E-state index >= 15 is 0 Å². The zero-order valence-corrected chi connectivity index (χ0v) is 13.8. The normalized spacial score (nSPS) is 22.3. The van der Waals surface area contributed by atoms with Crippen LogP contribution in [0.2, 0.25) is 0 Å². The number of halogens is 3. The second-order valence-corrected chi connectivity index (χ2v) is 6.61. The van der Waals surface area contributed by atoms with Crippen molar-refractivity contribution >= 4 is 23.0 Å². The van der Waals surface area contributed by atoms with Gasteiger partial charge in [-0.05, 0) is 23.8 Å². The standard InChI is InChI=1S/C17H17F3O3S/c1-12(21)24-15-10-22-16(23-11-15)5-3-2-4-13-6-8-14(9-7-13)17(18,19)20/h2-9,15-16H,10-11H2,1H3/b4-2+,5-3+/t15-,16-. The highest BCUT2D eigenvalue weighted by Crippen LogP contribution is 2.29. The van der Waals surface area contributed by atoms with Crippen molar-refractivity contribution in [1.29, 1.82) is 0 Å². The van der Waals surface area contributed by atoms with E-state index < -0.39 is 18.0 Å². The molecular weight excluding hydrogens is 341 g/mol. The first kappa shape index (κ1) is 18.8. The fourth-order valence-corrected chi connectivity index (χ4v) is 2.78. The van der Waals surface area contributed by atoms with E-state index in [9.17, 15) is 18.0 Å². The van der Waals surface area contributed by atoms with E-state index in [-0.39, 0.29) is 10.4 Å². The van der Waals surface area contributed by atoms with Crippen LogP contribution < -0.4 is 0 Å². The van der Waals surface area contributed by atoms with Crippen molar-refractivity contribution in [2.24, 2.45) is 0 Å². The van der Waals surface area contributed by atoms with Crippen LogP contribution in [0.3, 0.4) is 0 Å². The van der Waals surface area contributed by atoms with Gasteiger partial charge in [0.15, 0.2) is 11.4 Å². The third-order valence-corrected chi connectivity index (χ3v) is 4.07. The van der Waals surface area contributed by atoms with Crippen LogP contribution in [0.1, 0.15) is 18.1 Å². The number of carbonyl (C=O) groups is 1. The molecule has 7 heteroatoms. The molecule has 24 heavy (non-hydrogen) atoms. The van der Waals surface area contributed by atoms with Gasteiger partial charge in [-0.1, -0.05) is 42.1 Å².